The number of carbonyl (C=O) groups excluding carboxylic acids is 1. The van der Waals surface area contributed by atoms with Gasteiger partial charge in [0.05, 0.1) is 10.2 Å². The van der Waals surface area contributed by atoms with Crippen molar-refractivity contribution in [2.75, 3.05) is 10.6 Å². The van der Waals surface area contributed by atoms with Gasteiger partial charge in [-0.1, -0.05) is 6.07 Å². The molecule has 0 saturated carbocycles. The van der Waals surface area contributed by atoms with E-state index in [9.17, 15) is 4.79 Å². The second kappa shape index (κ2) is 6.93. The van der Waals surface area contributed by atoms with Crippen LogP contribution in [0.3, 0.4) is 0 Å². The van der Waals surface area contributed by atoms with E-state index in [2.05, 4.69) is 39.7 Å². The van der Waals surface area contributed by atoms with Crippen LogP contribution in [-0.2, 0) is 0 Å². The summed E-state index contributed by atoms with van der Waals surface area (Å²) in [4.78, 5) is 20.6. The lowest BCUT2D eigenvalue weighted by Crippen LogP contribution is -2.19. The fraction of sp³-hybridized carbons (Fsp3) is 0.0500. The molecular formula is C20H16N4OS. The lowest BCUT2D eigenvalue weighted by molar-refractivity contribution is 0.262. The molecule has 26 heavy (non-hydrogen) atoms. The van der Waals surface area contributed by atoms with Crippen molar-refractivity contribution in [1.29, 1.82) is 0 Å². The van der Waals surface area contributed by atoms with E-state index in [0.29, 0.717) is 5.69 Å². The lowest BCUT2D eigenvalue weighted by atomic mass is 10.2. The average Bonchev–Trinajstić information content (AvgIpc) is 3.06. The first kappa shape index (κ1) is 16.2. The molecule has 0 aliphatic heterocycles. The van der Waals surface area contributed by atoms with Crippen LogP contribution in [0.4, 0.5) is 16.2 Å². The van der Waals surface area contributed by atoms with Crippen LogP contribution in [0.25, 0.3) is 20.8 Å². The van der Waals surface area contributed by atoms with Crippen molar-refractivity contribution in [3.05, 3.63) is 72.6 Å². The molecule has 5 nitrogen and oxygen atoms in total. The highest BCUT2D eigenvalue weighted by Gasteiger charge is 2.07. The Kier molecular flexibility index (Phi) is 4.33. The van der Waals surface area contributed by atoms with Gasteiger partial charge in [-0.05, 0) is 61.0 Å². The number of aromatic nitrogens is 2. The van der Waals surface area contributed by atoms with Crippen molar-refractivity contribution in [3.63, 3.8) is 0 Å². The first-order chi connectivity index (χ1) is 12.7. The molecular weight excluding hydrogens is 344 g/mol. The molecule has 0 saturated heterocycles. The molecule has 4 rings (SSSR count). The fourth-order valence-corrected chi connectivity index (χ4v) is 3.65. The number of rotatable bonds is 3. The molecule has 0 aliphatic rings. The van der Waals surface area contributed by atoms with Gasteiger partial charge in [0.25, 0.3) is 0 Å². The van der Waals surface area contributed by atoms with Crippen molar-refractivity contribution in [2.45, 2.75) is 6.92 Å². The third-order valence-corrected chi connectivity index (χ3v) is 4.94. The van der Waals surface area contributed by atoms with Crippen LogP contribution in [-0.4, -0.2) is 16.0 Å². The number of fused-ring (bicyclic) bond motifs is 1. The Morgan fingerprint density at radius 1 is 0.923 bits per heavy atom. The van der Waals surface area contributed by atoms with E-state index in [4.69, 9.17) is 0 Å². The summed E-state index contributed by atoms with van der Waals surface area (Å²) in [6.45, 7) is 2.08. The first-order valence-corrected chi connectivity index (χ1v) is 8.95. The summed E-state index contributed by atoms with van der Waals surface area (Å²) < 4.78 is 1.18. The highest BCUT2D eigenvalue weighted by Crippen LogP contribution is 2.31. The predicted octanol–water partition coefficient (Wildman–Crippen LogP) is 5.31. The van der Waals surface area contributed by atoms with Gasteiger partial charge in [-0.3, -0.25) is 4.98 Å². The van der Waals surface area contributed by atoms with Gasteiger partial charge in [-0.2, -0.15) is 0 Å². The third-order valence-electron chi connectivity index (χ3n) is 3.87. The number of pyridine rings is 1. The van der Waals surface area contributed by atoms with E-state index >= 15 is 0 Å². The molecule has 0 aliphatic carbocycles. The Labute approximate surface area is 154 Å². The van der Waals surface area contributed by atoms with Crippen molar-refractivity contribution < 1.29 is 4.79 Å². The zero-order chi connectivity index (χ0) is 17.9. The molecule has 128 valence electrons. The van der Waals surface area contributed by atoms with E-state index in [0.717, 1.165) is 21.8 Å². The summed E-state index contributed by atoms with van der Waals surface area (Å²) in [5.74, 6) is 0. The van der Waals surface area contributed by atoms with E-state index in [1.807, 2.05) is 30.3 Å². The van der Waals surface area contributed by atoms with Crippen LogP contribution in [0.15, 0.2) is 67.0 Å². The van der Waals surface area contributed by atoms with E-state index in [-0.39, 0.29) is 6.03 Å². The quantitative estimate of drug-likeness (QED) is 0.520. The number of anilines is 2. The molecule has 2 aromatic heterocycles. The molecule has 6 heteroatoms. The number of nitrogens with one attached hydrogen (secondary N) is 2. The zero-order valence-electron chi connectivity index (χ0n) is 14.1. The Bertz CT molecular complexity index is 1060. The topological polar surface area (TPSA) is 66.9 Å². The zero-order valence-corrected chi connectivity index (χ0v) is 14.9. The number of hydrogen-bond acceptors (Lipinski definition) is 4. The van der Waals surface area contributed by atoms with Crippen molar-refractivity contribution in [2.24, 2.45) is 0 Å². The summed E-state index contributed by atoms with van der Waals surface area (Å²) in [7, 11) is 0. The maximum Gasteiger partial charge on any atom is 0.323 e. The molecule has 0 atom stereocenters. The smallest absolute Gasteiger partial charge is 0.308 e. The number of hydrogen-bond donors (Lipinski definition) is 2. The number of urea groups is 1. The molecule has 0 bridgehead atoms. The molecule has 2 aromatic carbocycles. The summed E-state index contributed by atoms with van der Waals surface area (Å²) in [5, 5.41) is 6.55. The summed E-state index contributed by atoms with van der Waals surface area (Å²) in [6, 6.07) is 17.1. The van der Waals surface area contributed by atoms with E-state index in [1.54, 1.807) is 35.9 Å². The fourth-order valence-electron chi connectivity index (χ4n) is 2.58. The standard InChI is InChI=1S/C20H16N4OS/c1-13-2-7-17-18(12-13)26-19(24-17)14-3-5-15(6-4-14)22-20(25)23-16-8-10-21-11-9-16/h2-12H,1H3,(H2,21,22,23,25). The number of thiazole rings is 1. The Balaban J connectivity index is 1.48. The van der Waals surface area contributed by atoms with Gasteiger partial charge in [0, 0.05) is 29.3 Å². The minimum atomic E-state index is -0.292. The van der Waals surface area contributed by atoms with Gasteiger partial charge in [0.1, 0.15) is 5.01 Å². The molecule has 2 amide bonds. The number of benzene rings is 2. The van der Waals surface area contributed by atoms with Crippen molar-refractivity contribution >= 4 is 39.0 Å². The van der Waals surface area contributed by atoms with Crippen molar-refractivity contribution in [1.82, 2.24) is 9.97 Å². The average molecular weight is 360 g/mol. The largest absolute Gasteiger partial charge is 0.323 e. The third kappa shape index (κ3) is 3.55. The number of carbonyl (C=O) groups is 1. The molecule has 2 N–H and O–H groups in total. The minimum absolute atomic E-state index is 0.292. The van der Waals surface area contributed by atoms with Gasteiger partial charge < -0.3 is 10.6 Å². The summed E-state index contributed by atoms with van der Waals surface area (Å²) >= 11 is 1.67. The van der Waals surface area contributed by atoms with Crippen LogP contribution >= 0.6 is 11.3 Å². The van der Waals surface area contributed by atoms with Crippen LogP contribution in [0.2, 0.25) is 0 Å². The monoisotopic (exact) mass is 360 g/mol. The SMILES string of the molecule is Cc1ccc2nc(-c3ccc(NC(=O)Nc4ccncc4)cc3)sc2c1. The van der Waals surface area contributed by atoms with Crippen LogP contribution in [0.1, 0.15) is 5.56 Å². The second-order valence-corrected chi connectivity index (χ2v) is 6.91. The van der Waals surface area contributed by atoms with Gasteiger partial charge in [-0.15, -0.1) is 11.3 Å². The molecule has 4 aromatic rings. The molecule has 0 spiro atoms. The lowest BCUT2D eigenvalue weighted by Gasteiger charge is -2.07. The Hall–Kier alpha value is -3.25. The van der Waals surface area contributed by atoms with E-state index in [1.165, 1.54) is 10.3 Å². The van der Waals surface area contributed by atoms with Crippen LogP contribution in [0.5, 0.6) is 0 Å². The van der Waals surface area contributed by atoms with Crippen LogP contribution < -0.4 is 10.6 Å². The van der Waals surface area contributed by atoms with Gasteiger partial charge in [0.15, 0.2) is 0 Å². The highest BCUT2D eigenvalue weighted by atomic mass is 32.1. The van der Waals surface area contributed by atoms with Crippen LogP contribution in [0, 0.1) is 6.92 Å². The maximum atomic E-state index is 12.0. The summed E-state index contributed by atoms with van der Waals surface area (Å²) in [6.07, 6.45) is 3.26. The number of aryl methyl sites for hydroxylation is 1. The van der Waals surface area contributed by atoms with Gasteiger partial charge >= 0.3 is 6.03 Å². The summed E-state index contributed by atoms with van der Waals surface area (Å²) in [5.41, 5.74) is 4.68. The molecule has 2 heterocycles. The predicted molar refractivity (Wildman–Crippen MR) is 107 cm³/mol. The van der Waals surface area contributed by atoms with Gasteiger partial charge in [-0.25, -0.2) is 9.78 Å². The second-order valence-electron chi connectivity index (χ2n) is 5.88. The maximum absolute atomic E-state index is 12.0. The van der Waals surface area contributed by atoms with Crippen molar-refractivity contribution in [3.8, 4) is 10.6 Å². The molecule has 0 unspecified atom stereocenters. The molecule has 0 radical (unpaired) electrons. The highest BCUT2D eigenvalue weighted by molar-refractivity contribution is 7.21. The van der Waals surface area contributed by atoms with E-state index < -0.39 is 0 Å². The number of amides is 2. The Morgan fingerprint density at radius 3 is 2.35 bits per heavy atom. The minimum Gasteiger partial charge on any atom is -0.308 e. The Morgan fingerprint density at radius 2 is 1.62 bits per heavy atom. The normalized spacial score (nSPS) is 10.7. The van der Waals surface area contributed by atoms with Gasteiger partial charge in [0.2, 0.25) is 0 Å². The molecule has 0 fully saturated rings. The number of nitrogens with zero attached hydrogens (tertiary/aromatic N) is 2. The first-order valence-electron chi connectivity index (χ1n) is 8.13.